The summed E-state index contributed by atoms with van der Waals surface area (Å²) in [6, 6.07) is 4.28. The van der Waals surface area contributed by atoms with E-state index in [1.165, 1.54) is 19.2 Å². The topological polar surface area (TPSA) is 63.9 Å². The number of halogens is 1. The molecular formula is C11H12FN3O. The summed E-state index contributed by atoms with van der Waals surface area (Å²) >= 11 is 0. The summed E-state index contributed by atoms with van der Waals surface area (Å²) in [5, 5.41) is 0. The second kappa shape index (κ2) is 3.84. The number of aromatic amines is 1. The van der Waals surface area contributed by atoms with Crippen LogP contribution in [0.25, 0.3) is 11.3 Å². The maximum Gasteiger partial charge on any atom is 0.198 e. The fourth-order valence-electron chi connectivity index (χ4n) is 1.61. The van der Waals surface area contributed by atoms with Crippen LogP contribution >= 0.6 is 0 Å². The van der Waals surface area contributed by atoms with Crippen molar-refractivity contribution in [2.24, 2.45) is 0 Å². The minimum Gasteiger partial charge on any atom is -0.496 e. The lowest BCUT2D eigenvalue weighted by Gasteiger charge is -2.06. The molecule has 0 radical (unpaired) electrons. The van der Waals surface area contributed by atoms with Crippen molar-refractivity contribution in [2.75, 3.05) is 12.8 Å². The number of hydrogen-bond donors (Lipinski definition) is 2. The molecule has 0 aliphatic carbocycles. The smallest absolute Gasteiger partial charge is 0.198 e. The van der Waals surface area contributed by atoms with Crippen LogP contribution in [0.15, 0.2) is 18.2 Å². The number of ether oxygens (including phenoxy) is 1. The van der Waals surface area contributed by atoms with Gasteiger partial charge < -0.3 is 15.5 Å². The third-order valence-corrected chi connectivity index (χ3v) is 2.32. The Bertz CT molecular complexity index is 522. The number of benzene rings is 1. The zero-order valence-electron chi connectivity index (χ0n) is 9.04. The fourth-order valence-corrected chi connectivity index (χ4v) is 1.61. The number of hydrogen-bond acceptors (Lipinski definition) is 3. The maximum atomic E-state index is 13.2. The summed E-state index contributed by atoms with van der Waals surface area (Å²) in [6.07, 6.45) is 0. The molecule has 1 heterocycles. The minimum absolute atomic E-state index is 0.304. The Kier molecular flexibility index (Phi) is 2.52. The van der Waals surface area contributed by atoms with Crippen molar-refractivity contribution in [3.8, 4) is 17.0 Å². The highest BCUT2D eigenvalue weighted by molar-refractivity contribution is 5.70. The van der Waals surface area contributed by atoms with Gasteiger partial charge in [0.15, 0.2) is 5.95 Å². The van der Waals surface area contributed by atoms with Gasteiger partial charge in [0.05, 0.1) is 12.8 Å². The number of nitrogens with one attached hydrogen (secondary N) is 1. The Morgan fingerprint density at radius 1 is 1.44 bits per heavy atom. The van der Waals surface area contributed by atoms with E-state index in [9.17, 15) is 4.39 Å². The average molecular weight is 221 g/mol. The zero-order chi connectivity index (χ0) is 11.7. The van der Waals surface area contributed by atoms with E-state index in [-0.39, 0.29) is 5.82 Å². The number of methoxy groups -OCH3 is 1. The first-order valence-corrected chi connectivity index (χ1v) is 4.78. The van der Waals surface area contributed by atoms with Crippen molar-refractivity contribution in [3.63, 3.8) is 0 Å². The van der Waals surface area contributed by atoms with Crippen LogP contribution in [-0.4, -0.2) is 17.1 Å². The molecule has 5 heteroatoms. The van der Waals surface area contributed by atoms with Gasteiger partial charge in [-0.05, 0) is 25.1 Å². The fraction of sp³-hybridized carbons (Fsp3) is 0.182. The molecule has 0 saturated heterocycles. The average Bonchev–Trinajstić information content (AvgIpc) is 2.57. The van der Waals surface area contributed by atoms with Crippen molar-refractivity contribution >= 4 is 5.95 Å². The van der Waals surface area contributed by atoms with E-state index < -0.39 is 0 Å². The Morgan fingerprint density at radius 2 is 2.19 bits per heavy atom. The molecule has 0 atom stereocenters. The van der Waals surface area contributed by atoms with Gasteiger partial charge in [-0.3, -0.25) is 0 Å². The molecule has 0 fully saturated rings. The lowest BCUT2D eigenvalue weighted by molar-refractivity contribution is 0.415. The summed E-state index contributed by atoms with van der Waals surface area (Å²) in [4.78, 5) is 6.97. The second-order valence-corrected chi connectivity index (χ2v) is 3.44. The van der Waals surface area contributed by atoms with Gasteiger partial charge in [0, 0.05) is 11.3 Å². The largest absolute Gasteiger partial charge is 0.496 e. The van der Waals surface area contributed by atoms with Crippen LogP contribution in [0.3, 0.4) is 0 Å². The molecule has 0 aliphatic rings. The number of nitrogen functional groups attached to an aromatic ring is 1. The molecule has 0 bridgehead atoms. The van der Waals surface area contributed by atoms with Gasteiger partial charge in [-0.25, -0.2) is 9.37 Å². The molecule has 0 aliphatic heterocycles. The molecule has 84 valence electrons. The third-order valence-electron chi connectivity index (χ3n) is 2.32. The summed E-state index contributed by atoms with van der Waals surface area (Å²) < 4.78 is 18.3. The van der Waals surface area contributed by atoms with E-state index in [1.807, 2.05) is 6.92 Å². The number of imidazole rings is 1. The Balaban J connectivity index is 2.62. The van der Waals surface area contributed by atoms with E-state index in [1.54, 1.807) is 6.07 Å². The normalized spacial score (nSPS) is 10.4. The highest BCUT2D eigenvalue weighted by Gasteiger charge is 2.13. The van der Waals surface area contributed by atoms with Crippen LogP contribution in [-0.2, 0) is 0 Å². The number of H-pyrrole nitrogens is 1. The van der Waals surface area contributed by atoms with Gasteiger partial charge in [-0.1, -0.05) is 0 Å². The molecule has 2 rings (SSSR count). The van der Waals surface area contributed by atoms with Gasteiger partial charge in [0.2, 0.25) is 0 Å². The SMILES string of the molecule is COc1ccc(F)cc1-c1nc(N)[nH]c1C. The van der Waals surface area contributed by atoms with E-state index in [2.05, 4.69) is 9.97 Å². The predicted molar refractivity (Wildman–Crippen MR) is 59.7 cm³/mol. The molecule has 3 N–H and O–H groups in total. The first kappa shape index (κ1) is 10.5. The standard InChI is InChI=1S/C11H12FN3O/c1-6-10(15-11(13)14-6)8-5-7(12)3-4-9(8)16-2/h3-5H,1-2H3,(H3,13,14,15). The maximum absolute atomic E-state index is 13.2. The van der Waals surface area contributed by atoms with E-state index in [4.69, 9.17) is 10.5 Å². The number of rotatable bonds is 2. The third kappa shape index (κ3) is 1.71. The van der Waals surface area contributed by atoms with E-state index in [0.717, 1.165) is 5.69 Å². The van der Waals surface area contributed by atoms with Gasteiger partial charge in [-0.2, -0.15) is 0 Å². The van der Waals surface area contributed by atoms with Crippen molar-refractivity contribution in [2.45, 2.75) is 6.92 Å². The summed E-state index contributed by atoms with van der Waals surface area (Å²) in [6.45, 7) is 1.82. The molecule has 0 amide bonds. The van der Waals surface area contributed by atoms with Crippen LogP contribution in [0.4, 0.5) is 10.3 Å². The Morgan fingerprint density at radius 3 is 2.75 bits per heavy atom. The predicted octanol–water partition coefficient (Wildman–Crippen LogP) is 2.12. The molecule has 4 nitrogen and oxygen atoms in total. The monoisotopic (exact) mass is 221 g/mol. The summed E-state index contributed by atoms with van der Waals surface area (Å²) in [5.74, 6) is 0.534. The van der Waals surface area contributed by atoms with Crippen molar-refractivity contribution < 1.29 is 9.13 Å². The summed E-state index contributed by atoms with van der Waals surface area (Å²) in [5.41, 5.74) is 7.52. The molecule has 0 spiro atoms. The molecule has 2 aromatic rings. The first-order chi connectivity index (χ1) is 7.61. The highest BCUT2D eigenvalue weighted by atomic mass is 19.1. The van der Waals surface area contributed by atoms with Crippen LogP contribution in [0.5, 0.6) is 5.75 Å². The number of aryl methyl sites for hydroxylation is 1. The number of aromatic nitrogens is 2. The van der Waals surface area contributed by atoms with Gasteiger partial charge >= 0.3 is 0 Å². The van der Waals surface area contributed by atoms with E-state index in [0.29, 0.717) is 23.0 Å². The molecule has 1 aromatic carbocycles. The molecule has 0 saturated carbocycles. The van der Waals surface area contributed by atoms with Crippen LogP contribution in [0.1, 0.15) is 5.69 Å². The van der Waals surface area contributed by atoms with E-state index >= 15 is 0 Å². The van der Waals surface area contributed by atoms with Crippen LogP contribution < -0.4 is 10.5 Å². The Labute approximate surface area is 92.3 Å². The summed E-state index contributed by atoms with van der Waals surface area (Å²) in [7, 11) is 1.53. The first-order valence-electron chi connectivity index (χ1n) is 4.78. The van der Waals surface area contributed by atoms with Gasteiger partial charge in [-0.15, -0.1) is 0 Å². The van der Waals surface area contributed by atoms with Crippen molar-refractivity contribution in [1.29, 1.82) is 0 Å². The van der Waals surface area contributed by atoms with Gasteiger partial charge in [0.25, 0.3) is 0 Å². The molecule has 1 aromatic heterocycles. The molecule has 16 heavy (non-hydrogen) atoms. The van der Waals surface area contributed by atoms with Crippen LogP contribution in [0, 0.1) is 12.7 Å². The molecular weight excluding hydrogens is 209 g/mol. The number of nitrogens with zero attached hydrogens (tertiary/aromatic N) is 1. The second-order valence-electron chi connectivity index (χ2n) is 3.44. The van der Waals surface area contributed by atoms with Crippen molar-refractivity contribution in [3.05, 3.63) is 29.7 Å². The minimum atomic E-state index is -0.336. The van der Waals surface area contributed by atoms with Crippen LogP contribution in [0.2, 0.25) is 0 Å². The number of nitrogens with two attached hydrogens (primary N) is 1. The quantitative estimate of drug-likeness (QED) is 0.816. The highest BCUT2D eigenvalue weighted by Crippen LogP contribution is 2.31. The lowest BCUT2D eigenvalue weighted by Crippen LogP contribution is -1.91. The lowest BCUT2D eigenvalue weighted by atomic mass is 10.1. The van der Waals surface area contributed by atoms with Crippen molar-refractivity contribution in [1.82, 2.24) is 9.97 Å². The van der Waals surface area contributed by atoms with Gasteiger partial charge in [0.1, 0.15) is 11.6 Å². The zero-order valence-corrected chi connectivity index (χ0v) is 9.04. The number of anilines is 1. The Hall–Kier alpha value is -2.04. The molecule has 0 unspecified atom stereocenters.